The van der Waals surface area contributed by atoms with Gasteiger partial charge in [-0.15, -0.1) is 0 Å². The third-order valence-electron chi connectivity index (χ3n) is 6.73. The highest BCUT2D eigenvalue weighted by atomic mass is 35.5. The first kappa shape index (κ1) is 25.2. The molecular formula is C24H21ClF3N5O4. The van der Waals surface area contributed by atoms with E-state index in [0.717, 1.165) is 22.7 Å². The Morgan fingerprint density at radius 2 is 1.70 bits per heavy atom. The highest BCUT2D eigenvalue weighted by molar-refractivity contribution is 6.33. The molecule has 0 bridgehead atoms. The number of anilines is 1. The van der Waals surface area contributed by atoms with Crippen molar-refractivity contribution >= 4 is 41.0 Å². The molecule has 4 heterocycles. The van der Waals surface area contributed by atoms with Gasteiger partial charge in [0.2, 0.25) is 11.8 Å². The fraction of sp³-hybridized carbons (Fsp3) is 0.375. The number of benzene rings is 1. The number of nitrogens with zero attached hydrogens (tertiary/aromatic N) is 4. The van der Waals surface area contributed by atoms with Crippen molar-refractivity contribution in [3.8, 4) is 0 Å². The Bertz CT molecular complexity index is 1310. The number of pyridine rings is 1. The van der Waals surface area contributed by atoms with Gasteiger partial charge in [0.1, 0.15) is 11.9 Å². The summed E-state index contributed by atoms with van der Waals surface area (Å²) in [5, 5.41) is 2.11. The minimum absolute atomic E-state index is 0.0498. The van der Waals surface area contributed by atoms with Gasteiger partial charge < -0.3 is 4.90 Å². The largest absolute Gasteiger partial charge is 0.417 e. The maximum atomic E-state index is 13.0. The van der Waals surface area contributed by atoms with Gasteiger partial charge in [0, 0.05) is 45.3 Å². The average molecular weight is 536 g/mol. The fourth-order valence-electron chi connectivity index (χ4n) is 4.81. The summed E-state index contributed by atoms with van der Waals surface area (Å²) in [6.07, 6.45) is -3.61. The highest BCUT2D eigenvalue weighted by Gasteiger charge is 2.44. The van der Waals surface area contributed by atoms with Gasteiger partial charge in [0.05, 0.1) is 21.7 Å². The number of hydrogen-bond donors (Lipinski definition) is 1. The van der Waals surface area contributed by atoms with E-state index >= 15 is 0 Å². The summed E-state index contributed by atoms with van der Waals surface area (Å²) < 4.78 is 38.7. The molecule has 13 heteroatoms. The molecule has 3 aliphatic heterocycles. The summed E-state index contributed by atoms with van der Waals surface area (Å²) in [5.74, 6) is -1.92. The second kappa shape index (κ2) is 9.42. The molecule has 0 radical (unpaired) electrons. The lowest BCUT2D eigenvalue weighted by molar-refractivity contribution is -0.138. The van der Waals surface area contributed by atoms with E-state index in [0.29, 0.717) is 38.5 Å². The van der Waals surface area contributed by atoms with E-state index in [1.807, 2.05) is 4.90 Å². The summed E-state index contributed by atoms with van der Waals surface area (Å²) in [5.41, 5.74) is 0.322. The lowest BCUT2D eigenvalue weighted by Crippen LogP contribution is -2.54. The maximum Gasteiger partial charge on any atom is 0.417 e. The van der Waals surface area contributed by atoms with E-state index < -0.39 is 41.4 Å². The van der Waals surface area contributed by atoms with Gasteiger partial charge in [0.25, 0.3) is 11.8 Å². The number of piperazine rings is 1. The van der Waals surface area contributed by atoms with Gasteiger partial charge >= 0.3 is 6.18 Å². The Morgan fingerprint density at radius 3 is 2.35 bits per heavy atom. The van der Waals surface area contributed by atoms with Crippen LogP contribution in [0.25, 0.3) is 0 Å². The Morgan fingerprint density at radius 1 is 1.00 bits per heavy atom. The van der Waals surface area contributed by atoms with Crippen LogP contribution in [0.2, 0.25) is 5.02 Å². The molecule has 37 heavy (non-hydrogen) atoms. The molecule has 1 atom stereocenters. The average Bonchev–Trinajstić information content (AvgIpc) is 3.09. The van der Waals surface area contributed by atoms with E-state index in [1.54, 1.807) is 18.2 Å². The normalized spacial score (nSPS) is 20.9. The van der Waals surface area contributed by atoms with Crippen LogP contribution in [-0.4, -0.2) is 70.6 Å². The molecule has 0 aliphatic carbocycles. The van der Waals surface area contributed by atoms with Crippen LogP contribution in [0.4, 0.5) is 19.0 Å². The van der Waals surface area contributed by atoms with Gasteiger partial charge in [-0.05, 0) is 30.2 Å². The van der Waals surface area contributed by atoms with Gasteiger partial charge in [0.15, 0.2) is 0 Å². The SMILES string of the molecule is O=C1CCC(N2C(=O)c3ccc(CN4CCN(c5ncc(C(F)(F)F)cc5Cl)CC4)cc3C2=O)C(=O)N1. The fourth-order valence-corrected chi connectivity index (χ4v) is 5.10. The first-order valence-electron chi connectivity index (χ1n) is 11.6. The summed E-state index contributed by atoms with van der Waals surface area (Å²) >= 11 is 6.08. The Kier molecular flexibility index (Phi) is 6.40. The number of amides is 4. The van der Waals surface area contributed by atoms with E-state index in [-0.39, 0.29) is 29.0 Å². The number of alkyl halides is 3. The molecule has 0 spiro atoms. The van der Waals surface area contributed by atoms with Crippen molar-refractivity contribution in [1.29, 1.82) is 0 Å². The lowest BCUT2D eigenvalue weighted by atomic mass is 10.0. The summed E-state index contributed by atoms with van der Waals surface area (Å²) in [7, 11) is 0. The predicted octanol–water partition coefficient (Wildman–Crippen LogP) is 2.48. The van der Waals surface area contributed by atoms with Crippen LogP contribution in [-0.2, 0) is 22.3 Å². The molecule has 194 valence electrons. The molecule has 0 saturated carbocycles. The predicted molar refractivity (Wildman–Crippen MR) is 125 cm³/mol. The topological polar surface area (TPSA) is 103 Å². The van der Waals surface area contributed by atoms with Crippen LogP contribution in [0.1, 0.15) is 44.7 Å². The van der Waals surface area contributed by atoms with Crippen molar-refractivity contribution in [2.75, 3.05) is 31.1 Å². The van der Waals surface area contributed by atoms with Crippen molar-refractivity contribution < 1.29 is 32.3 Å². The van der Waals surface area contributed by atoms with Gasteiger partial charge in [-0.1, -0.05) is 17.7 Å². The number of carbonyl (C=O) groups excluding carboxylic acids is 4. The van der Waals surface area contributed by atoms with Crippen LogP contribution in [0.3, 0.4) is 0 Å². The van der Waals surface area contributed by atoms with Crippen molar-refractivity contribution in [2.24, 2.45) is 0 Å². The number of rotatable bonds is 4. The quantitative estimate of drug-likeness (QED) is 0.600. The molecule has 9 nitrogen and oxygen atoms in total. The molecule has 4 amide bonds. The molecular weight excluding hydrogens is 515 g/mol. The number of carbonyl (C=O) groups is 4. The van der Waals surface area contributed by atoms with Crippen molar-refractivity contribution in [3.05, 3.63) is 57.7 Å². The monoisotopic (exact) mass is 535 g/mol. The number of aromatic nitrogens is 1. The van der Waals surface area contributed by atoms with Crippen LogP contribution < -0.4 is 10.2 Å². The number of piperidine rings is 1. The molecule has 2 saturated heterocycles. The second-order valence-corrected chi connectivity index (χ2v) is 9.52. The first-order chi connectivity index (χ1) is 17.5. The molecule has 1 aromatic carbocycles. The lowest BCUT2D eigenvalue weighted by Gasteiger charge is -2.35. The molecule has 1 unspecified atom stereocenters. The molecule has 1 aromatic heterocycles. The second-order valence-electron chi connectivity index (χ2n) is 9.12. The highest BCUT2D eigenvalue weighted by Crippen LogP contribution is 2.34. The van der Waals surface area contributed by atoms with Crippen LogP contribution >= 0.6 is 11.6 Å². The smallest absolute Gasteiger partial charge is 0.353 e. The van der Waals surface area contributed by atoms with E-state index in [1.165, 1.54) is 0 Å². The minimum atomic E-state index is -4.52. The number of halogens is 4. The zero-order valence-electron chi connectivity index (χ0n) is 19.3. The minimum Gasteiger partial charge on any atom is -0.353 e. The van der Waals surface area contributed by atoms with Crippen molar-refractivity contribution in [1.82, 2.24) is 20.1 Å². The van der Waals surface area contributed by atoms with E-state index in [2.05, 4.69) is 15.2 Å². The zero-order valence-corrected chi connectivity index (χ0v) is 20.1. The van der Waals surface area contributed by atoms with Gasteiger partial charge in [-0.2, -0.15) is 13.2 Å². The first-order valence-corrected chi connectivity index (χ1v) is 12.0. The standard InChI is InChI=1S/C24H21ClF3N5O4/c25-17-10-14(24(26,27)28)11-29-20(17)32-7-5-31(6-8-32)12-13-1-2-15-16(9-13)23(37)33(22(15)36)18-3-4-19(34)30-21(18)35/h1-2,9-11,18H,3-8,12H2,(H,30,34,35). The van der Waals surface area contributed by atoms with Crippen molar-refractivity contribution in [2.45, 2.75) is 31.6 Å². The molecule has 2 aromatic rings. The summed E-state index contributed by atoms with van der Waals surface area (Å²) in [6.45, 7) is 2.61. The molecule has 1 N–H and O–H groups in total. The Hall–Kier alpha value is -3.51. The summed E-state index contributed by atoms with van der Waals surface area (Å²) in [4.78, 5) is 58.3. The van der Waals surface area contributed by atoms with Crippen LogP contribution in [0, 0.1) is 0 Å². The van der Waals surface area contributed by atoms with Crippen LogP contribution in [0.15, 0.2) is 30.5 Å². The molecule has 2 fully saturated rings. The van der Waals surface area contributed by atoms with Crippen molar-refractivity contribution in [3.63, 3.8) is 0 Å². The number of hydrogen-bond acceptors (Lipinski definition) is 7. The maximum absolute atomic E-state index is 13.0. The third kappa shape index (κ3) is 4.78. The Labute approximate surface area is 214 Å². The van der Waals surface area contributed by atoms with Gasteiger partial charge in [-0.25, -0.2) is 4.98 Å². The van der Waals surface area contributed by atoms with E-state index in [9.17, 15) is 32.3 Å². The number of imide groups is 2. The van der Waals surface area contributed by atoms with E-state index in [4.69, 9.17) is 11.6 Å². The molecule has 5 rings (SSSR count). The molecule has 3 aliphatic rings. The number of nitrogens with one attached hydrogen (secondary N) is 1. The third-order valence-corrected chi connectivity index (χ3v) is 7.01. The number of fused-ring (bicyclic) bond motifs is 1. The zero-order chi connectivity index (χ0) is 26.5. The Balaban J connectivity index is 1.23. The van der Waals surface area contributed by atoms with Gasteiger partial charge in [-0.3, -0.25) is 34.3 Å². The van der Waals surface area contributed by atoms with Crippen LogP contribution in [0.5, 0.6) is 0 Å². The summed E-state index contributed by atoms with van der Waals surface area (Å²) in [6, 6.07) is 4.81.